The molecule has 1 amide bonds. The highest BCUT2D eigenvalue weighted by molar-refractivity contribution is 7.13. The van der Waals surface area contributed by atoms with Gasteiger partial charge >= 0.3 is 0 Å². The number of fused-ring (bicyclic) bond motifs is 1. The molecule has 1 aliphatic carbocycles. The lowest BCUT2D eigenvalue weighted by atomic mass is 10.2. The molecule has 0 bridgehead atoms. The molecule has 0 radical (unpaired) electrons. The Labute approximate surface area is 114 Å². The minimum Gasteiger partial charge on any atom is -0.319 e. The highest BCUT2D eigenvalue weighted by atomic mass is 32.1. The first-order valence-corrected chi connectivity index (χ1v) is 6.70. The fraction of sp³-hybridized carbons (Fsp3) is 0.0667. The fourth-order valence-corrected chi connectivity index (χ4v) is 3.00. The van der Waals surface area contributed by atoms with Gasteiger partial charge in [-0.15, -0.1) is 11.3 Å². The smallest absolute Gasteiger partial charge is 0.255 e. The number of allylic oxidation sites excluding steroid dienone is 1. The van der Waals surface area contributed by atoms with Crippen LogP contribution in [-0.2, 0) is 0 Å². The lowest BCUT2D eigenvalue weighted by molar-refractivity contribution is 0.0936. The molecule has 0 atom stereocenters. The largest absolute Gasteiger partial charge is 0.319 e. The third kappa shape index (κ3) is 2.11. The van der Waals surface area contributed by atoms with Crippen LogP contribution in [0.3, 0.4) is 0 Å². The van der Waals surface area contributed by atoms with Crippen LogP contribution in [-0.4, -0.2) is 11.7 Å². The number of rotatable bonds is 2. The number of hydrogen-bond donors (Lipinski definition) is 1. The monoisotopic (exact) mass is 269 g/mol. The maximum atomic E-state index is 12.1. The van der Waals surface area contributed by atoms with Gasteiger partial charge in [0, 0.05) is 20.9 Å². The first-order chi connectivity index (χ1) is 9.15. The summed E-state index contributed by atoms with van der Waals surface area (Å²) < 4.78 is 0. The third-order valence-electron chi connectivity index (χ3n) is 2.93. The van der Waals surface area contributed by atoms with Crippen LogP contribution >= 0.6 is 11.3 Å². The van der Waals surface area contributed by atoms with Crippen LogP contribution < -0.4 is 5.32 Å². The summed E-state index contributed by atoms with van der Waals surface area (Å²) in [6, 6.07) is 10.7. The van der Waals surface area contributed by atoms with E-state index < -0.39 is 0 Å². The number of amides is 1. The van der Waals surface area contributed by atoms with Gasteiger partial charge in [-0.25, -0.2) is 0 Å². The molecule has 1 N–H and O–H groups in total. The molecule has 1 aromatic carbocycles. The van der Waals surface area contributed by atoms with Crippen molar-refractivity contribution in [3.8, 4) is 0 Å². The summed E-state index contributed by atoms with van der Waals surface area (Å²) >= 11 is 1.56. The fourth-order valence-electron chi connectivity index (χ4n) is 2.04. The summed E-state index contributed by atoms with van der Waals surface area (Å²) in [5.41, 5.74) is 1.59. The van der Waals surface area contributed by atoms with E-state index in [1.54, 1.807) is 41.7 Å². The lowest BCUT2D eigenvalue weighted by Crippen LogP contribution is -2.25. The van der Waals surface area contributed by atoms with Crippen molar-refractivity contribution in [2.24, 2.45) is 0 Å². The second-order valence-electron chi connectivity index (χ2n) is 4.34. The molecule has 0 spiro atoms. The molecular weight excluding hydrogens is 258 g/mol. The number of benzene rings is 1. The Hall–Kier alpha value is -2.20. The molecule has 1 aromatic heterocycles. The predicted molar refractivity (Wildman–Crippen MR) is 75.3 cm³/mol. The van der Waals surface area contributed by atoms with Gasteiger partial charge in [-0.1, -0.05) is 18.2 Å². The van der Waals surface area contributed by atoms with E-state index in [2.05, 4.69) is 5.32 Å². The van der Waals surface area contributed by atoms with Crippen molar-refractivity contribution in [1.29, 1.82) is 0 Å². The highest BCUT2D eigenvalue weighted by Crippen LogP contribution is 2.31. The van der Waals surface area contributed by atoms with Gasteiger partial charge in [0.25, 0.3) is 5.91 Å². The second-order valence-corrected chi connectivity index (χ2v) is 5.63. The molecule has 0 aliphatic heterocycles. The molecule has 0 fully saturated rings. The number of ketones is 1. The summed E-state index contributed by atoms with van der Waals surface area (Å²) in [6.45, 7) is 1.96. The average molecular weight is 269 g/mol. The zero-order valence-corrected chi connectivity index (χ0v) is 11.1. The summed E-state index contributed by atoms with van der Waals surface area (Å²) in [4.78, 5) is 26.1. The number of nitrogens with one attached hydrogen (secondary N) is 1. The van der Waals surface area contributed by atoms with Crippen LogP contribution in [0.1, 0.15) is 30.5 Å². The van der Waals surface area contributed by atoms with Crippen LogP contribution in [0, 0.1) is 6.92 Å². The Kier molecular flexibility index (Phi) is 2.80. The number of carbonyl (C=O) groups excluding carboxylic acids is 2. The van der Waals surface area contributed by atoms with Crippen LogP contribution in [0.2, 0.25) is 0 Å². The Balaban J connectivity index is 1.83. The maximum Gasteiger partial charge on any atom is 0.255 e. The van der Waals surface area contributed by atoms with Crippen molar-refractivity contribution in [2.75, 3.05) is 0 Å². The number of carbonyl (C=O) groups is 2. The van der Waals surface area contributed by atoms with Gasteiger partial charge in [-0.05, 0) is 31.2 Å². The van der Waals surface area contributed by atoms with Crippen molar-refractivity contribution in [3.05, 3.63) is 63.0 Å². The average Bonchev–Trinajstić information content (AvgIpc) is 2.90. The standard InChI is InChI=1S/C15H11NO2S/c1-9-7-11-13(19-9)8-12(14(11)17)16-15(18)10-5-3-2-4-6-10/h2-8H,1H3,(H,16,17,18). The van der Waals surface area contributed by atoms with E-state index in [9.17, 15) is 9.59 Å². The van der Waals surface area contributed by atoms with Gasteiger partial charge in [0.1, 0.15) is 0 Å². The van der Waals surface area contributed by atoms with Crippen molar-refractivity contribution >= 4 is 29.1 Å². The highest BCUT2D eigenvalue weighted by Gasteiger charge is 2.26. The SMILES string of the molecule is Cc1cc2c(s1)C=C(NC(=O)c1ccccc1)C2=O. The van der Waals surface area contributed by atoms with Crippen LogP contribution in [0.4, 0.5) is 0 Å². The van der Waals surface area contributed by atoms with Gasteiger partial charge in [0.15, 0.2) is 0 Å². The van der Waals surface area contributed by atoms with Crippen LogP contribution in [0.5, 0.6) is 0 Å². The molecule has 3 nitrogen and oxygen atoms in total. The van der Waals surface area contributed by atoms with Crippen molar-refractivity contribution in [2.45, 2.75) is 6.92 Å². The summed E-state index contributed by atoms with van der Waals surface area (Å²) in [6.07, 6.45) is 1.75. The van der Waals surface area contributed by atoms with Gasteiger partial charge in [-0.3, -0.25) is 9.59 Å². The van der Waals surface area contributed by atoms with E-state index in [0.29, 0.717) is 16.8 Å². The van der Waals surface area contributed by atoms with E-state index in [0.717, 1.165) is 9.75 Å². The van der Waals surface area contributed by atoms with Crippen molar-refractivity contribution in [3.63, 3.8) is 0 Å². The quantitative estimate of drug-likeness (QED) is 0.911. The molecule has 0 saturated carbocycles. The zero-order valence-electron chi connectivity index (χ0n) is 10.3. The van der Waals surface area contributed by atoms with Gasteiger partial charge in [0.05, 0.1) is 5.70 Å². The van der Waals surface area contributed by atoms with E-state index in [4.69, 9.17) is 0 Å². The minimum absolute atomic E-state index is 0.108. The molecule has 0 unspecified atom stereocenters. The van der Waals surface area contributed by atoms with Gasteiger partial charge in [0.2, 0.25) is 5.78 Å². The first-order valence-electron chi connectivity index (χ1n) is 5.88. The molecule has 94 valence electrons. The first kappa shape index (κ1) is 11.9. The molecular formula is C15H11NO2S. The molecule has 2 aromatic rings. The van der Waals surface area contributed by atoms with Crippen LogP contribution in [0.25, 0.3) is 6.08 Å². The number of hydrogen-bond acceptors (Lipinski definition) is 3. The zero-order chi connectivity index (χ0) is 13.4. The van der Waals surface area contributed by atoms with E-state index in [-0.39, 0.29) is 11.7 Å². The third-order valence-corrected chi connectivity index (χ3v) is 3.93. The number of Topliss-reactive ketones (excluding diaryl/α,β-unsaturated/α-hetero) is 1. The molecule has 3 rings (SSSR count). The summed E-state index contributed by atoms with van der Waals surface area (Å²) in [7, 11) is 0. The summed E-state index contributed by atoms with van der Waals surface area (Å²) in [5.74, 6) is -0.365. The maximum absolute atomic E-state index is 12.1. The van der Waals surface area contributed by atoms with Crippen molar-refractivity contribution in [1.82, 2.24) is 5.32 Å². The van der Waals surface area contributed by atoms with E-state index in [1.807, 2.05) is 19.1 Å². The van der Waals surface area contributed by atoms with Crippen molar-refractivity contribution < 1.29 is 9.59 Å². The summed E-state index contributed by atoms with van der Waals surface area (Å²) in [5, 5.41) is 2.68. The molecule has 4 heteroatoms. The Bertz CT molecular complexity index is 698. The number of thiophene rings is 1. The Morgan fingerprint density at radius 2 is 1.95 bits per heavy atom. The normalized spacial score (nSPS) is 13.1. The van der Waals surface area contributed by atoms with E-state index in [1.165, 1.54) is 0 Å². The predicted octanol–water partition coefficient (Wildman–Crippen LogP) is 3.02. The molecule has 19 heavy (non-hydrogen) atoms. The molecule has 1 aliphatic rings. The number of aryl methyl sites for hydroxylation is 1. The Morgan fingerprint density at radius 3 is 2.63 bits per heavy atom. The minimum atomic E-state index is -0.257. The Morgan fingerprint density at radius 1 is 1.21 bits per heavy atom. The van der Waals surface area contributed by atoms with Gasteiger partial charge < -0.3 is 5.32 Å². The van der Waals surface area contributed by atoms with Crippen LogP contribution in [0.15, 0.2) is 42.1 Å². The molecule has 0 saturated heterocycles. The van der Waals surface area contributed by atoms with E-state index >= 15 is 0 Å². The second kappa shape index (κ2) is 4.48. The lowest BCUT2D eigenvalue weighted by Gasteiger charge is -2.04. The topological polar surface area (TPSA) is 46.2 Å². The van der Waals surface area contributed by atoms with Gasteiger partial charge in [-0.2, -0.15) is 0 Å². The molecule has 1 heterocycles.